The zero-order valence-corrected chi connectivity index (χ0v) is 14.1. The van der Waals surface area contributed by atoms with Crippen LogP contribution in [0.2, 0.25) is 0 Å². The monoisotopic (exact) mass is 298 g/mol. The lowest BCUT2D eigenvalue weighted by atomic mass is 9.62. The molecule has 1 rings (SSSR count). The summed E-state index contributed by atoms with van der Waals surface area (Å²) < 4.78 is 10.5. The minimum absolute atomic E-state index is 0.0133. The zero-order valence-electron chi connectivity index (χ0n) is 14.1. The number of carbonyl (C=O) groups is 2. The minimum atomic E-state index is -1.13. The van der Waals surface area contributed by atoms with Gasteiger partial charge in [-0.2, -0.15) is 0 Å². The molecule has 2 atom stereocenters. The van der Waals surface area contributed by atoms with E-state index in [1.165, 1.54) is 0 Å². The molecule has 2 unspecified atom stereocenters. The minimum Gasteiger partial charge on any atom is -0.465 e. The maximum absolute atomic E-state index is 12.6. The van der Waals surface area contributed by atoms with Gasteiger partial charge in [-0.1, -0.05) is 20.8 Å². The predicted octanol–water partition coefficient (Wildman–Crippen LogP) is 3.58. The summed E-state index contributed by atoms with van der Waals surface area (Å²) in [6, 6.07) is 0. The fraction of sp³-hybridized carbons (Fsp3) is 0.882. The largest absolute Gasteiger partial charge is 0.465 e. The van der Waals surface area contributed by atoms with Gasteiger partial charge in [-0.25, -0.2) is 0 Å². The first kappa shape index (κ1) is 18.0. The van der Waals surface area contributed by atoms with E-state index in [1.54, 1.807) is 13.8 Å². The lowest BCUT2D eigenvalue weighted by Gasteiger charge is -2.41. The van der Waals surface area contributed by atoms with Crippen LogP contribution in [0.1, 0.15) is 60.3 Å². The predicted molar refractivity (Wildman–Crippen MR) is 81.7 cm³/mol. The third kappa shape index (κ3) is 3.78. The average molecular weight is 298 g/mol. The Morgan fingerprint density at radius 3 is 1.67 bits per heavy atom. The number of carbonyl (C=O) groups excluding carboxylic acids is 2. The maximum Gasteiger partial charge on any atom is 0.323 e. The van der Waals surface area contributed by atoms with E-state index < -0.39 is 17.4 Å². The van der Waals surface area contributed by atoms with Crippen molar-refractivity contribution in [2.45, 2.75) is 60.3 Å². The first-order chi connectivity index (χ1) is 9.92. The first-order valence-corrected chi connectivity index (χ1v) is 8.26. The molecule has 0 radical (unpaired) electrons. The van der Waals surface area contributed by atoms with Gasteiger partial charge in [-0.3, -0.25) is 9.59 Å². The SMILES string of the molecule is CCOC(=O)C(CC)(C(=O)OCC)C1CC(C)CC(C)C1. The summed E-state index contributed by atoms with van der Waals surface area (Å²) in [6.07, 6.45) is 3.36. The molecule has 0 spiro atoms. The van der Waals surface area contributed by atoms with E-state index in [4.69, 9.17) is 9.47 Å². The Morgan fingerprint density at radius 1 is 0.905 bits per heavy atom. The molecule has 21 heavy (non-hydrogen) atoms. The fourth-order valence-corrected chi connectivity index (χ4v) is 3.86. The third-order valence-electron chi connectivity index (χ3n) is 4.71. The average Bonchev–Trinajstić information content (AvgIpc) is 2.39. The van der Waals surface area contributed by atoms with Crippen molar-refractivity contribution in [2.24, 2.45) is 23.2 Å². The van der Waals surface area contributed by atoms with Crippen LogP contribution < -0.4 is 0 Å². The molecular weight excluding hydrogens is 268 g/mol. The summed E-state index contributed by atoms with van der Waals surface area (Å²) in [6.45, 7) is 10.4. The highest BCUT2D eigenvalue weighted by molar-refractivity contribution is 6.00. The van der Waals surface area contributed by atoms with Crippen molar-refractivity contribution in [3.8, 4) is 0 Å². The molecule has 1 fully saturated rings. The summed E-state index contributed by atoms with van der Waals surface area (Å²) >= 11 is 0. The van der Waals surface area contributed by atoms with E-state index in [0.29, 0.717) is 18.3 Å². The van der Waals surface area contributed by atoms with E-state index in [1.807, 2.05) is 6.92 Å². The van der Waals surface area contributed by atoms with Crippen LogP contribution in [0, 0.1) is 23.2 Å². The topological polar surface area (TPSA) is 52.6 Å². The quantitative estimate of drug-likeness (QED) is 0.555. The van der Waals surface area contributed by atoms with Gasteiger partial charge in [0.2, 0.25) is 0 Å². The third-order valence-corrected chi connectivity index (χ3v) is 4.71. The Morgan fingerprint density at radius 2 is 1.33 bits per heavy atom. The van der Waals surface area contributed by atoms with Gasteiger partial charge in [0.1, 0.15) is 0 Å². The van der Waals surface area contributed by atoms with Crippen LogP contribution in [0.4, 0.5) is 0 Å². The van der Waals surface area contributed by atoms with Crippen LogP contribution in [0.15, 0.2) is 0 Å². The van der Waals surface area contributed by atoms with E-state index >= 15 is 0 Å². The Balaban J connectivity index is 3.15. The van der Waals surface area contributed by atoms with Crippen LogP contribution in [-0.2, 0) is 19.1 Å². The first-order valence-electron chi connectivity index (χ1n) is 8.26. The molecule has 1 saturated carbocycles. The molecule has 4 heteroatoms. The van der Waals surface area contributed by atoms with Gasteiger partial charge >= 0.3 is 11.9 Å². The Labute approximate surface area is 128 Å². The number of hydrogen-bond acceptors (Lipinski definition) is 4. The van der Waals surface area contributed by atoms with Crippen molar-refractivity contribution >= 4 is 11.9 Å². The highest BCUT2D eigenvalue weighted by Gasteiger charge is 2.54. The van der Waals surface area contributed by atoms with Crippen LogP contribution in [0.5, 0.6) is 0 Å². The molecule has 4 nitrogen and oxygen atoms in total. The Kier molecular flexibility index (Phi) is 6.69. The molecular formula is C17H30O4. The molecule has 0 aromatic rings. The summed E-state index contributed by atoms with van der Waals surface area (Å²) in [4.78, 5) is 25.2. The molecule has 0 heterocycles. The molecule has 0 saturated heterocycles. The summed E-state index contributed by atoms with van der Waals surface area (Å²) in [7, 11) is 0. The summed E-state index contributed by atoms with van der Waals surface area (Å²) in [5.41, 5.74) is -1.13. The van der Waals surface area contributed by atoms with E-state index in [9.17, 15) is 9.59 Å². The van der Waals surface area contributed by atoms with Crippen LogP contribution in [-0.4, -0.2) is 25.2 Å². The van der Waals surface area contributed by atoms with E-state index in [-0.39, 0.29) is 19.1 Å². The van der Waals surface area contributed by atoms with Gasteiger partial charge in [-0.05, 0) is 57.3 Å². The maximum atomic E-state index is 12.6. The van der Waals surface area contributed by atoms with Crippen molar-refractivity contribution in [1.29, 1.82) is 0 Å². The van der Waals surface area contributed by atoms with Gasteiger partial charge in [-0.15, -0.1) is 0 Å². The van der Waals surface area contributed by atoms with Gasteiger partial charge in [0.25, 0.3) is 0 Å². The van der Waals surface area contributed by atoms with Gasteiger partial charge < -0.3 is 9.47 Å². The lowest BCUT2D eigenvalue weighted by molar-refractivity contribution is -0.179. The van der Waals surface area contributed by atoms with E-state index in [2.05, 4.69) is 13.8 Å². The van der Waals surface area contributed by atoms with Crippen LogP contribution >= 0.6 is 0 Å². The summed E-state index contributed by atoms with van der Waals surface area (Å²) in [5, 5.41) is 0. The van der Waals surface area contributed by atoms with Crippen molar-refractivity contribution < 1.29 is 19.1 Å². The molecule has 0 aliphatic heterocycles. The molecule has 0 aromatic heterocycles. The standard InChI is InChI=1S/C17H30O4/c1-6-17(15(18)20-7-2,16(19)21-8-3)14-10-12(4)9-13(5)11-14/h12-14H,6-11H2,1-5H3. The van der Waals surface area contributed by atoms with Crippen molar-refractivity contribution in [3.63, 3.8) is 0 Å². The second kappa shape index (κ2) is 7.81. The Bertz CT molecular complexity index is 336. The van der Waals surface area contributed by atoms with Gasteiger partial charge in [0, 0.05) is 0 Å². The molecule has 1 aliphatic rings. The van der Waals surface area contributed by atoms with Gasteiger partial charge in [0.05, 0.1) is 13.2 Å². The number of esters is 2. The molecule has 122 valence electrons. The number of ether oxygens (including phenoxy) is 2. The second-order valence-electron chi connectivity index (χ2n) is 6.38. The van der Waals surface area contributed by atoms with E-state index in [0.717, 1.165) is 19.3 Å². The second-order valence-corrected chi connectivity index (χ2v) is 6.38. The van der Waals surface area contributed by atoms with Crippen LogP contribution in [0.3, 0.4) is 0 Å². The highest BCUT2D eigenvalue weighted by atomic mass is 16.6. The Hall–Kier alpha value is -1.06. The van der Waals surface area contributed by atoms with Crippen molar-refractivity contribution in [2.75, 3.05) is 13.2 Å². The molecule has 0 amide bonds. The normalized spacial score (nSPS) is 26.2. The number of hydrogen-bond donors (Lipinski definition) is 0. The van der Waals surface area contributed by atoms with Crippen LogP contribution in [0.25, 0.3) is 0 Å². The smallest absolute Gasteiger partial charge is 0.323 e. The van der Waals surface area contributed by atoms with Crippen molar-refractivity contribution in [3.05, 3.63) is 0 Å². The molecule has 1 aliphatic carbocycles. The number of rotatable bonds is 6. The molecule has 0 N–H and O–H groups in total. The molecule has 0 aromatic carbocycles. The van der Waals surface area contributed by atoms with Gasteiger partial charge in [0.15, 0.2) is 5.41 Å². The highest BCUT2D eigenvalue weighted by Crippen LogP contribution is 2.46. The molecule has 0 bridgehead atoms. The fourth-order valence-electron chi connectivity index (χ4n) is 3.86. The zero-order chi connectivity index (χ0) is 16.0. The summed E-state index contributed by atoms with van der Waals surface area (Å²) in [5.74, 6) is 0.246. The van der Waals surface area contributed by atoms with Crippen molar-refractivity contribution in [1.82, 2.24) is 0 Å². The lowest BCUT2D eigenvalue weighted by Crippen LogP contribution is -2.49.